The Kier molecular flexibility index (Phi) is 3.85. The van der Waals surface area contributed by atoms with Crippen LogP contribution < -0.4 is 0 Å². The van der Waals surface area contributed by atoms with Crippen molar-refractivity contribution in [1.82, 2.24) is 0 Å². The smallest absolute Gasteiger partial charge is 0.0958 e. The molecule has 0 amide bonds. The van der Waals surface area contributed by atoms with Gasteiger partial charge in [0.25, 0.3) is 0 Å². The summed E-state index contributed by atoms with van der Waals surface area (Å²) in [6, 6.07) is 0. The minimum atomic E-state index is 0.424. The standard InChI is InChI=1S/C6H10O.C2H4/c1-5-3-4-6(2)7-5;1-2/h6H,1,3-4H2,2H3;1-2H2. The first-order valence-corrected chi connectivity index (χ1v) is 3.13. The molecule has 1 nitrogen and oxygen atoms in total. The molecule has 0 aromatic rings. The highest BCUT2D eigenvalue weighted by atomic mass is 16.5. The minimum Gasteiger partial charge on any atom is -0.496 e. The Morgan fingerprint density at radius 1 is 1.56 bits per heavy atom. The normalized spacial score (nSPS) is 24.1. The van der Waals surface area contributed by atoms with Crippen LogP contribution in [-0.4, -0.2) is 6.10 Å². The van der Waals surface area contributed by atoms with Gasteiger partial charge in [-0.15, -0.1) is 13.2 Å². The number of ether oxygens (including phenoxy) is 1. The molecule has 1 atom stereocenters. The third kappa shape index (κ3) is 2.96. The molecule has 1 saturated heterocycles. The van der Waals surface area contributed by atoms with Gasteiger partial charge in [0.2, 0.25) is 0 Å². The average molecular weight is 126 g/mol. The lowest BCUT2D eigenvalue weighted by atomic mass is 10.2. The molecule has 1 aliphatic rings. The molecule has 52 valence electrons. The number of hydrogen-bond donors (Lipinski definition) is 0. The Morgan fingerprint density at radius 3 is 2.22 bits per heavy atom. The molecule has 9 heavy (non-hydrogen) atoms. The first-order valence-electron chi connectivity index (χ1n) is 3.13. The maximum atomic E-state index is 5.17. The number of allylic oxidation sites excluding steroid dienone is 1. The molecule has 0 radical (unpaired) electrons. The zero-order valence-corrected chi connectivity index (χ0v) is 6.02. The fourth-order valence-corrected chi connectivity index (χ4v) is 0.767. The largest absolute Gasteiger partial charge is 0.496 e. The van der Waals surface area contributed by atoms with E-state index in [1.54, 1.807) is 0 Å². The zero-order valence-electron chi connectivity index (χ0n) is 6.02. The van der Waals surface area contributed by atoms with Crippen LogP contribution in [0.2, 0.25) is 0 Å². The summed E-state index contributed by atoms with van der Waals surface area (Å²) in [5, 5.41) is 0. The van der Waals surface area contributed by atoms with Crippen LogP contribution in [-0.2, 0) is 4.74 Å². The van der Waals surface area contributed by atoms with E-state index < -0.39 is 0 Å². The van der Waals surface area contributed by atoms with Gasteiger partial charge >= 0.3 is 0 Å². The molecule has 1 aliphatic heterocycles. The van der Waals surface area contributed by atoms with Gasteiger partial charge in [-0.1, -0.05) is 6.58 Å². The quantitative estimate of drug-likeness (QED) is 0.453. The summed E-state index contributed by atoms with van der Waals surface area (Å²) in [4.78, 5) is 0. The maximum Gasteiger partial charge on any atom is 0.0958 e. The zero-order chi connectivity index (χ0) is 7.28. The summed E-state index contributed by atoms with van der Waals surface area (Å²) in [6.07, 6.45) is 2.63. The Bertz CT molecular complexity index is 96.7. The van der Waals surface area contributed by atoms with Gasteiger partial charge in [0, 0.05) is 6.42 Å². The third-order valence-corrected chi connectivity index (χ3v) is 1.20. The topological polar surface area (TPSA) is 9.23 Å². The highest BCUT2D eigenvalue weighted by Gasteiger charge is 2.12. The lowest BCUT2D eigenvalue weighted by Crippen LogP contribution is -1.93. The molecular weight excluding hydrogens is 112 g/mol. The molecule has 1 unspecified atom stereocenters. The first kappa shape index (κ1) is 8.28. The number of rotatable bonds is 0. The van der Waals surface area contributed by atoms with Crippen LogP contribution in [0.25, 0.3) is 0 Å². The van der Waals surface area contributed by atoms with Gasteiger partial charge in [-0.05, 0) is 13.3 Å². The van der Waals surface area contributed by atoms with Crippen molar-refractivity contribution in [2.45, 2.75) is 25.9 Å². The summed E-state index contributed by atoms with van der Waals surface area (Å²) >= 11 is 0. The second kappa shape index (κ2) is 4.19. The molecule has 0 N–H and O–H groups in total. The van der Waals surface area contributed by atoms with E-state index in [2.05, 4.69) is 26.7 Å². The molecule has 1 heterocycles. The van der Waals surface area contributed by atoms with Crippen molar-refractivity contribution in [3.8, 4) is 0 Å². The van der Waals surface area contributed by atoms with Crippen LogP contribution in [0.1, 0.15) is 19.8 Å². The van der Waals surface area contributed by atoms with Crippen LogP contribution in [0.4, 0.5) is 0 Å². The van der Waals surface area contributed by atoms with Gasteiger partial charge in [-0.25, -0.2) is 0 Å². The molecule has 1 fully saturated rings. The van der Waals surface area contributed by atoms with E-state index in [4.69, 9.17) is 4.74 Å². The lowest BCUT2D eigenvalue weighted by Gasteiger charge is -1.99. The van der Waals surface area contributed by atoms with Crippen LogP contribution in [0.15, 0.2) is 25.5 Å². The fraction of sp³-hybridized carbons (Fsp3) is 0.500. The van der Waals surface area contributed by atoms with Gasteiger partial charge in [0.1, 0.15) is 0 Å². The SMILES string of the molecule is C=C.C=C1CCC(C)O1. The Labute approximate surface area is 57.0 Å². The predicted molar refractivity (Wildman–Crippen MR) is 40.2 cm³/mol. The van der Waals surface area contributed by atoms with Crippen LogP contribution in [0.5, 0.6) is 0 Å². The third-order valence-electron chi connectivity index (χ3n) is 1.20. The summed E-state index contributed by atoms with van der Waals surface area (Å²) < 4.78 is 5.17. The van der Waals surface area contributed by atoms with Crippen molar-refractivity contribution >= 4 is 0 Å². The average Bonchev–Trinajstić information content (AvgIpc) is 2.20. The first-order chi connectivity index (χ1) is 4.29. The Balaban J connectivity index is 0.000000291. The molecular formula is C8H14O. The van der Waals surface area contributed by atoms with Crippen molar-refractivity contribution in [1.29, 1.82) is 0 Å². The molecule has 0 spiro atoms. The van der Waals surface area contributed by atoms with Gasteiger partial charge < -0.3 is 4.74 Å². The predicted octanol–water partition coefficient (Wildman–Crippen LogP) is 2.50. The van der Waals surface area contributed by atoms with Crippen molar-refractivity contribution in [2.75, 3.05) is 0 Å². The van der Waals surface area contributed by atoms with E-state index in [0.717, 1.165) is 18.6 Å². The molecule has 0 aromatic heterocycles. The molecule has 0 bridgehead atoms. The second-order valence-electron chi connectivity index (χ2n) is 2.01. The molecule has 0 saturated carbocycles. The molecule has 1 rings (SSSR count). The number of hydrogen-bond acceptors (Lipinski definition) is 1. The Morgan fingerprint density at radius 2 is 2.11 bits per heavy atom. The van der Waals surface area contributed by atoms with Gasteiger partial charge in [-0.2, -0.15) is 0 Å². The molecule has 0 aromatic carbocycles. The van der Waals surface area contributed by atoms with Crippen molar-refractivity contribution in [3.63, 3.8) is 0 Å². The monoisotopic (exact) mass is 126 g/mol. The van der Waals surface area contributed by atoms with E-state index in [9.17, 15) is 0 Å². The van der Waals surface area contributed by atoms with E-state index in [1.807, 2.05) is 0 Å². The van der Waals surface area contributed by atoms with E-state index in [1.165, 1.54) is 0 Å². The van der Waals surface area contributed by atoms with Crippen LogP contribution in [0.3, 0.4) is 0 Å². The van der Waals surface area contributed by atoms with Gasteiger partial charge in [-0.3, -0.25) is 0 Å². The highest BCUT2D eigenvalue weighted by Crippen LogP contribution is 2.19. The summed E-state index contributed by atoms with van der Waals surface area (Å²) in [6.45, 7) is 11.8. The van der Waals surface area contributed by atoms with E-state index in [0.29, 0.717) is 6.10 Å². The Hall–Kier alpha value is -0.720. The van der Waals surface area contributed by atoms with E-state index >= 15 is 0 Å². The van der Waals surface area contributed by atoms with E-state index in [-0.39, 0.29) is 0 Å². The van der Waals surface area contributed by atoms with Crippen molar-refractivity contribution < 1.29 is 4.74 Å². The highest BCUT2D eigenvalue weighted by molar-refractivity contribution is 4.89. The molecule has 0 aliphatic carbocycles. The van der Waals surface area contributed by atoms with Crippen molar-refractivity contribution in [2.24, 2.45) is 0 Å². The fourth-order valence-electron chi connectivity index (χ4n) is 0.767. The van der Waals surface area contributed by atoms with Crippen molar-refractivity contribution in [3.05, 3.63) is 25.5 Å². The summed E-state index contributed by atoms with van der Waals surface area (Å²) in [5.74, 6) is 0.951. The lowest BCUT2D eigenvalue weighted by molar-refractivity contribution is 0.179. The summed E-state index contributed by atoms with van der Waals surface area (Å²) in [5.41, 5.74) is 0. The second-order valence-corrected chi connectivity index (χ2v) is 2.01. The summed E-state index contributed by atoms with van der Waals surface area (Å²) in [7, 11) is 0. The van der Waals surface area contributed by atoms with Crippen LogP contribution >= 0.6 is 0 Å². The van der Waals surface area contributed by atoms with Gasteiger partial charge in [0.05, 0.1) is 11.9 Å². The maximum absolute atomic E-state index is 5.17. The van der Waals surface area contributed by atoms with Gasteiger partial charge in [0.15, 0.2) is 0 Å². The molecule has 1 heteroatoms. The minimum absolute atomic E-state index is 0.424. The van der Waals surface area contributed by atoms with Crippen LogP contribution in [0, 0.1) is 0 Å².